The maximum atomic E-state index is 11.3. The van der Waals surface area contributed by atoms with Crippen LogP contribution in [0.1, 0.15) is 0 Å². The highest BCUT2D eigenvalue weighted by atomic mass is 16.1. The molecule has 13 heavy (non-hydrogen) atoms. The van der Waals surface area contributed by atoms with E-state index in [2.05, 4.69) is 15.0 Å². The first-order valence-corrected chi connectivity index (χ1v) is 3.83. The van der Waals surface area contributed by atoms with Gasteiger partial charge < -0.3 is 4.98 Å². The van der Waals surface area contributed by atoms with Gasteiger partial charge in [-0.25, -0.2) is 9.97 Å². The first kappa shape index (κ1) is 7.67. The molecule has 2 aromatic rings. The summed E-state index contributed by atoms with van der Waals surface area (Å²) in [4.78, 5) is 21.8. The van der Waals surface area contributed by atoms with Crippen molar-refractivity contribution in [2.24, 2.45) is 0 Å². The maximum absolute atomic E-state index is 11.3. The molecule has 0 atom stereocenters. The molecule has 0 fully saturated rings. The first-order valence-electron chi connectivity index (χ1n) is 3.83. The number of aromatic nitrogens is 3. The van der Waals surface area contributed by atoms with Crippen LogP contribution in [0.3, 0.4) is 0 Å². The molecule has 4 nitrogen and oxygen atoms in total. The van der Waals surface area contributed by atoms with E-state index in [4.69, 9.17) is 0 Å². The number of H-pyrrole nitrogens is 1. The Kier molecular flexibility index (Phi) is 1.88. The number of nitrogens with zero attached hydrogens (tertiary/aromatic N) is 2. The van der Waals surface area contributed by atoms with Crippen molar-refractivity contribution >= 4 is 0 Å². The van der Waals surface area contributed by atoms with E-state index in [0.717, 1.165) is 0 Å². The molecule has 0 aliphatic carbocycles. The molecular formula is C9H7N3O. The molecule has 0 aromatic carbocycles. The Morgan fingerprint density at radius 2 is 1.92 bits per heavy atom. The number of aromatic amines is 1. The largest absolute Gasteiger partial charge is 0.328 e. The van der Waals surface area contributed by atoms with Gasteiger partial charge in [0.05, 0.1) is 5.56 Å². The van der Waals surface area contributed by atoms with Crippen molar-refractivity contribution < 1.29 is 0 Å². The van der Waals surface area contributed by atoms with Gasteiger partial charge in [0, 0.05) is 18.6 Å². The van der Waals surface area contributed by atoms with Crippen molar-refractivity contribution in [1.82, 2.24) is 15.0 Å². The van der Waals surface area contributed by atoms with Gasteiger partial charge in [0.1, 0.15) is 0 Å². The fraction of sp³-hybridized carbons (Fsp3) is 0. The third kappa shape index (κ3) is 1.46. The van der Waals surface area contributed by atoms with Crippen molar-refractivity contribution in [2.45, 2.75) is 0 Å². The van der Waals surface area contributed by atoms with Gasteiger partial charge in [-0.05, 0) is 18.2 Å². The van der Waals surface area contributed by atoms with E-state index < -0.39 is 0 Å². The van der Waals surface area contributed by atoms with E-state index in [-0.39, 0.29) is 5.56 Å². The van der Waals surface area contributed by atoms with E-state index in [1.54, 1.807) is 36.8 Å². The molecule has 0 radical (unpaired) electrons. The average molecular weight is 173 g/mol. The van der Waals surface area contributed by atoms with Crippen LogP contribution >= 0.6 is 0 Å². The maximum Gasteiger partial charge on any atom is 0.259 e. The molecule has 0 saturated heterocycles. The lowest BCUT2D eigenvalue weighted by molar-refractivity contribution is 1.14. The molecule has 2 aromatic heterocycles. The van der Waals surface area contributed by atoms with Gasteiger partial charge in [0.25, 0.3) is 5.56 Å². The third-order valence-corrected chi connectivity index (χ3v) is 1.62. The molecule has 0 amide bonds. The highest BCUT2D eigenvalue weighted by Crippen LogP contribution is 2.05. The van der Waals surface area contributed by atoms with Crippen molar-refractivity contribution in [3.63, 3.8) is 0 Å². The summed E-state index contributed by atoms with van der Waals surface area (Å²) in [6.45, 7) is 0. The average Bonchev–Trinajstić information content (AvgIpc) is 2.20. The first-order chi connectivity index (χ1) is 6.38. The summed E-state index contributed by atoms with van der Waals surface area (Å²) >= 11 is 0. The monoisotopic (exact) mass is 173 g/mol. The van der Waals surface area contributed by atoms with Crippen LogP contribution < -0.4 is 5.56 Å². The summed E-state index contributed by atoms with van der Waals surface area (Å²) in [6.07, 6.45) is 4.79. The molecule has 1 N–H and O–H groups in total. The van der Waals surface area contributed by atoms with Crippen LogP contribution in [0.25, 0.3) is 11.4 Å². The van der Waals surface area contributed by atoms with Gasteiger partial charge in [0.2, 0.25) is 0 Å². The van der Waals surface area contributed by atoms with Gasteiger partial charge in [0.15, 0.2) is 5.82 Å². The standard InChI is InChI=1S/C9H7N3O/c13-9-7(3-1-4-12-9)8-10-5-2-6-11-8/h1-6H,(H,12,13). The lowest BCUT2D eigenvalue weighted by Gasteiger charge is -1.95. The fourth-order valence-electron chi connectivity index (χ4n) is 1.04. The summed E-state index contributed by atoms with van der Waals surface area (Å²) < 4.78 is 0. The number of pyridine rings is 1. The zero-order valence-corrected chi connectivity index (χ0v) is 6.77. The second kappa shape index (κ2) is 3.18. The number of rotatable bonds is 1. The topological polar surface area (TPSA) is 58.6 Å². The van der Waals surface area contributed by atoms with Gasteiger partial charge in [-0.2, -0.15) is 0 Å². The van der Waals surface area contributed by atoms with Gasteiger partial charge in [-0.3, -0.25) is 4.79 Å². The molecule has 2 heterocycles. The number of nitrogens with one attached hydrogen (secondary N) is 1. The highest BCUT2D eigenvalue weighted by Gasteiger charge is 2.02. The lowest BCUT2D eigenvalue weighted by atomic mass is 10.2. The van der Waals surface area contributed by atoms with Crippen LogP contribution in [-0.2, 0) is 0 Å². The van der Waals surface area contributed by atoms with E-state index in [9.17, 15) is 4.79 Å². The second-order valence-corrected chi connectivity index (χ2v) is 2.49. The fourth-order valence-corrected chi connectivity index (χ4v) is 1.04. The summed E-state index contributed by atoms with van der Waals surface area (Å²) in [5.41, 5.74) is 0.316. The Morgan fingerprint density at radius 3 is 2.62 bits per heavy atom. The predicted octanol–water partition coefficient (Wildman–Crippen LogP) is 0.832. The van der Waals surface area contributed by atoms with Crippen LogP contribution in [0.2, 0.25) is 0 Å². The van der Waals surface area contributed by atoms with Gasteiger partial charge in [-0.1, -0.05) is 0 Å². The summed E-state index contributed by atoms with van der Waals surface area (Å²) in [6, 6.07) is 5.14. The predicted molar refractivity (Wildman–Crippen MR) is 48.1 cm³/mol. The molecule has 0 bridgehead atoms. The molecule has 4 heteroatoms. The van der Waals surface area contributed by atoms with Crippen molar-refractivity contribution in [3.8, 4) is 11.4 Å². The molecule has 0 saturated carbocycles. The Balaban J connectivity index is 2.60. The van der Waals surface area contributed by atoms with E-state index in [1.807, 2.05) is 0 Å². The summed E-state index contributed by atoms with van der Waals surface area (Å²) in [7, 11) is 0. The zero-order valence-electron chi connectivity index (χ0n) is 6.77. The van der Waals surface area contributed by atoms with Crippen LogP contribution in [0.4, 0.5) is 0 Å². The van der Waals surface area contributed by atoms with E-state index in [1.165, 1.54) is 0 Å². The van der Waals surface area contributed by atoms with Gasteiger partial charge >= 0.3 is 0 Å². The smallest absolute Gasteiger partial charge is 0.259 e. The lowest BCUT2D eigenvalue weighted by Crippen LogP contribution is -2.08. The normalized spacial score (nSPS) is 9.85. The SMILES string of the molecule is O=c1[nH]cccc1-c1ncccn1. The molecular weight excluding hydrogens is 166 g/mol. The Bertz CT molecular complexity index is 450. The van der Waals surface area contributed by atoms with Crippen LogP contribution in [0, 0.1) is 0 Å². The van der Waals surface area contributed by atoms with Crippen molar-refractivity contribution in [1.29, 1.82) is 0 Å². The van der Waals surface area contributed by atoms with Crippen LogP contribution in [0.5, 0.6) is 0 Å². The molecule has 2 rings (SSSR count). The van der Waals surface area contributed by atoms with Gasteiger partial charge in [-0.15, -0.1) is 0 Å². The van der Waals surface area contributed by atoms with E-state index >= 15 is 0 Å². The highest BCUT2D eigenvalue weighted by molar-refractivity contribution is 5.51. The minimum atomic E-state index is -0.172. The van der Waals surface area contributed by atoms with E-state index in [0.29, 0.717) is 11.4 Å². The molecule has 64 valence electrons. The zero-order chi connectivity index (χ0) is 9.10. The van der Waals surface area contributed by atoms with Crippen molar-refractivity contribution in [3.05, 3.63) is 47.1 Å². The Hall–Kier alpha value is -1.97. The summed E-state index contributed by atoms with van der Waals surface area (Å²) in [5, 5.41) is 0. The Morgan fingerprint density at radius 1 is 1.15 bits per heavy atom. The summed E-state index contributed by atoms with van der Waals surface area (Å²) in [5.74, 6) is 0.448. The number of hydrogen-bond acceptors (Lipinski definition) is 3. The minimum absolute atomic E-state index is 0.172. The second-order valence-electron chi connectivity index (χ2n) is 2.49. The molecule has 0 spiro atoms. The van der Waals surface area contributed by atoms with Crippen LogP contribution in [-0.4, -0.2) is 15.0 Å². The Labute approximate surface area is 74.3 Å². The molecule has 0 aliphatic heterocycles. The van der Waals surface area contributed by atoms with Crippen molar-refractivity contribution in [2.75, 3.05) is 0 Å². The molecule has 0 aliphatic rings. The third-order valence-electron chi connectivity index (χ3n) is 1.62. The molecule has 0 unspecified atom stereocenters. The van der Waals surface area contributed by atoms with Crippen LogP contribution in [0.15, 0.2) is 41.6 Å². The quantitative estimate of drug-likeness (QED) is 0.694. The minimum Gasteiger partial charge on any atom is -0.328 e. The number of hydrogen-bond donors (Lipinski definition) is 1.